The Hall–Kier alpha value is -1.42. The SMILES string of the molecule is COc1ccc(CC(N)c2ccc(Cl)c(Cl)c2)cc1OC. The van der Waals surface area contributed by atoms with Gasteiger partial charge in [0.05, 0.1) is 24.3 Å². The summed E-state index contributed by atoms with van der Waals surface area (Å²) in [4.78, 5) is 0. The van der Waals surface area contributed by atoms with E-state index in [0.717, 1.165) is 11.1 Å². The molecule has 2 aromatic carbocycles. The van der Waals surface area contributed by atoms with Gasteiger partial charge < -0.3 is 15.2 Å². The lowest BCUT2D eigenvalue weighted by Crippen LogP contribution is -2.13. The van der Waals surface area contributed by atoms with E-state index in [2.05, 4.69) is 0 Å². The fourth-order valence-electron chi connectivity index (χ4n) is 2.12. The first-order valence-electron chi connectivity index (χ1n) is 6.46. The van der Waals surface area contributed by atoms with Crippen LogP contribution in [0.3, 0.4) is 0 Å². The Bertz CT molecular complexity index is 632. The summed E-state index contributed by atoms with van der Waals surface area (Å²) in [6.07, 6.45) is 0.665. The van der Waals surface area contributed by atoms with Gasteiger partial charge in [-0.2, -0.15) is 0 Å². The first-order valence-corrected chi connectivity index (χ1v) is 7.22. The molecule has 0 radical (unpaired) electrons. The van der Waals surface area contributed by atoms with Gasteiger partial charge in [0.15, 0.2) is 11.5 Å². The molecule has 0 saturated heterocycles. The average molecular weight is 326 g/mol. The van der Waals surface area contributed by atoms with Gasteiger partial charge in [0.1, 0.15) is 0 Å². The molecule has 112 valence electrons. The molecule has 21 heavy (non-hydrogen) atoms. The van der Waals surface area contributed by atoms with Crippen LogP contribution < -0.4 is 15.2 Å². The largest absolute Gasteiger partial charge is 0.493 e. The smallest absolute Gasteiger partial charge is 0.160 e. The molecule has 0 fully saturated rings. The Labute approximate surface area is 134 Å². The molecule has 0 bridgehead atoms. The molecule has 0 amide bonds. The van der Waals surface area contributed by atoms with Gasteiger partial charge in [0, 0.05) is 6.04 Å². The van der Waals surface area contributed by atoms with Crippen molar-refractivity contribution in [2.45, 2.75) is 12.5 Å². The van der Waals surface area contributed by atoms with Crippen LogP contribution in [0.2, 0.25) is 10.0 Å². The molecule has 1 atom stereocenters. The van der Waals surface area contributed by atoms with Crippen molar-refractivity contribution in [2.24, 2.45) is 5.73 Å². The molecule has 0 aliphatic heterocycles. The van der Waals surface area contributed by atoms with Crippen LogP contribution in [0.4, 0.5) is 0 Å². The molecule has 5 heteroatoms. The third-order valence-electron chi connectivity index (χ3n) is 3.28. The monoisotopic (exact) mass is 325 g/mol. The minimum Gasteiger partial charge on any atom is -0.493 e. The van der Waals surface area contributed by atoms with Crippen molar-refractivity contribution in [1.82, 2.24) is 0 Å². The number of halogens is 2. The molecule has 0 aliphatic rings. The van der Waals surface area contributed by atoms with E-state index in [-0.39, 0.29) is 6.04 Å². The van der Waals surface area contributed by atoms with Crippen LogP contribution in [0, 0.1) is 0 Å². The predicted molar refractivity (Wildman–Crippen MR) is 86.6 cm³/mol. The second kappa shape index (κ2) is 7.03. The van der Waals surface area contributed by atoms with Crippen LogP contribution in [0.15, 0.2) is 36.4 Å². The van der Waals surface area contributed by atoms with Crippen LogP contribution in [0.25, 0.3) is 0 Å². The molecule has 0 aliphatic carbocycles. The maximum Gasteiger partial charge on any atom is 0.160 e. The first kappa shape index (κ1) is 16.0. The minimum absolute atomic E-state index is 0.169. The Morgan fingerprint density at radius 2 is 1.67 bits per heavy atom. The van der Waals surface area contributed by atoms with E-state index in [1.807, 2.05) is 24.3 Å². The van der Waals surface area contributed by atoms with E-state index in [0.29, 0.717) is 28.0 Å². The van der Waals surface area contributed by atoms with Crippen molar-refractivity contribution in [1.29, 1.82) is 0 Å². The molecule has 1 unspecified atom stereocenters. The van der Waals surface area contributed by atoms with Gasteiger partial charge in [0.25, 0.3) is 0 Å². The summed E-state index contributed by atoms with van der Waals surface area (Å²) in [5.74, 6) is 1.39. The molecule has 2 aromatic rings. The van der Waals surface area contributed by atoms with Gasteiger partial charge in [0.2, 0.25) is 0 Å². The topological polar surface area (TPSA) is 44.5 Å². The van der Waals surface area contributed by atoms with E-state index in [1.54, 1.807) is 26.4 Å². The molecule has 2 rings (SSSR count). The van der Waals surface area contributed by atoms with Crippen LogP contribution in [0.1, 0.15) is 17.2 Å². The molecular weight excluding hydrogens is 309 g/mol. The van der Waals surface area contributed by atoms with Gasteiger partial charge in [-0.05, 0) is 41.8 Å². The van der Waals surface area contributed by atoms with Crippen LogP contribution in [-0.2, 0) is 6.42 Å². The quantitative estimate of drug-likeness (QED) is 0.893. The molecule has 0 heterocycles. The minimum atomic E-state index is -0.169. The summed E-state index contributed by atoms with van der Waals surface area (Å²) >= 11 is 11.9. The van der Waals surface area contributed by atoms with Gasteiger partial charge in [-0.15, -0.1) is 0 Å². The molecule has 2 N–H and O–H groups in total. The lowest BCUT2D eigenvalue weighted by atomic mass is 9.99. The highest BCUT2D eigenvalue weighted by molar-refractivity contribution is 6.42. The number of rotatable bonds is 5. The fourth-order valence-corrected chi connectivity index (χ4v) is 2.43. The number of hydrogen-bond donors (Lipinski definition) is 1. The highest BCUT2D eigenvalue weighted by atomic mass is 35.5. The van der Waals surface area contributed by atoms with Crippen molar-refractivity contribution in [2.75, 3.05) is 14.2 Å². The van der Waals surface area contributed by atoms with E-state index >= 15 is 0 Å². The Morgan fingerprint density at radius 1 is 0.952 bits per heavy atom. The summed E-state index contributed by atoms with van der Waals surface area (Å²) < 4.78 is 10.5. The van der Waals surface area contributed by atoms with Crippen LogP contribution in [0.5, 0.6) is 11.5 Å². The lowest BCUT2D eigenvalue weighted by Gasteiger charge is -2.15. The zero-order valence-corrected chi connectivity index (χ0v) is 13.4. The van der Waals surface area contributed by atoms with Gasteiger partial charge >= 0.3 is 0 Å². The van der Waals surface area contributed by atoms with Crippen molar-refractivity contribution >= 4 is 23.2 Å². The Morgan fingerprint density at radius 3 is 2.29 bits per heavy atom. The van der Waals surface area contributed by atoms with Crippen molar-refractivity contribution in [3.63, 3.8) is 0 Å². The second-order valence-corrected chi connectivity index (χ2v) is 5.49. The normalized spacial score (nSPS) is 12.0. The summed E-state index contributed by atoms with van der Waals surface area (Å²) in [5.41, 5.74) is 8.24. The molecule has 3 nitrogen and oxygen atoms in total. The second-order valence-electron chi connectivity index (χ2n) is 4.67. The third-order valence-corrected chi connectivity index (χ3v) is 4.01. The summed E-state index contributed by atoms with van der Waals surface area (Å²) in [5, 5.41) is 1.04. The Kier molecular flexibility index (Phi) is 5.34. The summed E-state index contributed by atoms with van der Waals surface area (Å²) in [7, 11) is 3.22. The molecular formula is C16H17Cl2NO2. The number of hydrogen-bond acceptors (Lipinski definition) is 3. The average Bonchev–Trinajstić information content (AvgIpc) is 2.49. The van der Waals surface area contributed by atoms with Crippen molar-refractivity contribution in [3.05, 3.63) is 57.6 Å². The van der Waals surface area contributed by atoms with E-state index in [9.17, 15) is 0 Å². The molecule has 0 spiro atoms. The Balaban J connectivity index is 2.18. The zero-order valence-electron chi connectivity index (χ0n) is 11.9. The van der Waals surface area contributed by atoms with Crippen molar-refractivity contribution in [3.8, 4) is 11.5 Å². The third kappa shape index (κ3) is 3.82. The van der Waals surface area contributed by atoms with Gasteiger partial charge in [-0.1, -0.05) is 35.3 Å². The number of ether oxygens (including phenoxy) is 2. The molecule has 0 saturated carbocycles. The summed E-state index contributed by atoms with van der Waals surface area (Å²) in [6.45, 7) is 0. The lowest BCUT2D eigenvalue weighted by molar-refractivity contribution is 0.354. The van der Waals surface area contributed by atoms with E-state index < -0.39 is 0 Å². The van der Waals surface area contributed by atoms with E-state index in [1.165, 1.54) is 0 Å². The number of methoxy groups -OCH3 is 2. The zero-order chi connectivity index (χ0) is 15.4. The first-order chi connectivity index (χ1) is 10.0. The standard InChI is InChI=1S/C16H17Cl2NO2/c1-20-15-6-3-10(8-16(15)21-2)7-14(19)11-4-5-12(17)13(18)9-11/h3-6,8-9,14H,7,19H2,1-2H3. The fraction of sp³-hybridized carbons (Fsp3) is 0.250. The van der Waals surface area contributed by atoms with Gasteiger partial charge in [-0.25, -0.2) is 0 Å². The number of nitrogens with two attached hydrogens (primary N) is 1. The van der Waals surface area contributed by atoms with Crippen LogP contribution >= 0.6 is 23.2 Å². The highest BCUT2D eigenvalue weighted by Crippen LogP contribution is 2.30. The van der Waals surface area contributed by atoms with Crippen LogP contribution in [-0.4, -0.2) is 14.2 Å². The molecule has 0 aromatic heterocycles. The van der Waals surface area contributed by atoms with Crippen molar-refractivity contribution < 1.29 is 9.47 Å². The van der Waals surface area contributed by atoms with E-state index in [4.69, 9.17) is 38.4 Å². The predicted octanol–water partition coefficient (Wildman–Crippen LogP) is 4.25. The highest BCUT2D eigenvalue weighted by Gasteiger charge is 2.11. The van der Waals surface area contributed by atoms with Gasteiger partial charge in [-0.3, -0.25) is 0 Å². The maximum absolute atomic E-state index is 6.23. The summed E-state index contributed by atoms with van der Waals surface area (Å²) in [6, 6.07) is 11.0. The number of benzene rings is 2. The maximum atomic E-state index is 6.23.